The summed E-state index contributed by atoms with van der Waals surface area (Å²) in [5.74, 6) is -1.83. The van der Waals surface area contributed by atoms with Crippen molar-refractivity contribution in [1.29, 1.82) is 0 Å². The lowest BCUT2D eigenvalue weighted by molar-refractivity contribution is -0.120. The molecule has 1 aliphatic rings. The molecule has 8 nitrogen and oxygen atoms in total. The van der Waals surface area contributed by atoms with Crippen LogP contribution in [0.25, 0.3) is 0 Å². The van der Waals surface area contributed by atoms with Crippen LogP contribution in [0.2, 0.25) is 0 Å². The zero-order chi connectivity index (χ0) is 22.5. The molecule has 0 aromatic heterocycles. The maximum atomic E-state index is 12.3. The van der Waals surface area contributed by atoms with Gasteiger partial charge in [-0.2, -0.15) is 0 Å². The summed E-state index contributed by atoms with van der Waals surface area (Å²) in [7, 11) is 0. The standard InChI is InChI=1S/C22H21N3O5S/c1-13(2)12-30-21(29)14-7-9-15(10-8-14)23-22(31)24-18(26)11-25-19(27)16-5-3-4-6-17(16)20(25)28/h3-10,13H,11-12H2,1-2H3,(H2,23,24,26,31). The first-order valence-corrected chi connectivity index (χ1v) is 10.0. The van der Waals surface area contributed by atoms with Crippen LogP contribution in [0, 0.1) is 5.92 Å². The number of carbonyl (C=O) groups is 4. The van der Waals surface area contributed by atoms with Gasteiger partial charge in [0.25, 0.3) is 11.8 Å². The van der Waals surface area contributed by atoms with Gasteiger partial charge in [-0.25, -0.2) is 4.79 Å². The Bertz CT molecular complexity index is 1010. The molecule has 3 amide bonds. The molecule has 1 aliphatic heterocycles. The Kier molecular flexibility index (Phi) is 6.76. The highest BCUT2D eigenvalue weighted by Gasteiger charge is 2.36. The number of carbonyl (C=O) groups excluding carboxylic acids is 4. The van der Waals surface area contributed by atoms with Crippen LogP contribution in [0.4, 0.5) is 5.69 Å². The van der Waals surface area contributed by atoms with Gasteiger partial charge in [0.05, 0.1) is 23.3 Å². The first-order chi connectivity index (χ1) is 14.8. The molecular formula is C22H21N3O5S. The van der Waals surface area contributed by atoms with Gasteiger partial charge in [0, 0.05) is 5.69 Å². The smallest absolute Gasteiger partial charge is 0.338 e. The number of fused-ring (bicyclic) bond motifs is 1. The van der Waals surface area contributed by atoms with E-state index in [4.69, 9.17) is 17.0 Å². The lowest BCUT2D eigenvalue weighted by atomic mass is 10.1. The zero-order valence-corrected chi connectivity index (χ0v) is 17.8. The first-order valence-electron chi connectivity index (χ1n) is 9.59. The van der Waals surface area contributed by atoms with E-state index in [-0.39, 0.29) is 22.2 Å². The minimum absolute atomic E-state index is 0.00302. The van der Waals surface area contributed by atoms with Crippen molar-refractivity contribution in [2.24, 2.45) is 5.92 Å². The van der Waals surface area contributed by atoms with Gasteiger partial charge in [-0.15, -0.1) is 0 Å². The third-order valence-electron chi connectivity index (χ3n) is 4.36. The van der Waals surface area contributed by atoms with Crippen LogP contribution in [0.1, 0.15) is 44.9 Å². The largest absolute Gasteiger partial charge is 0.462 e. The van der Waals surface area contributed by atoms with Crippen LogP contribution in [0.5, 0.6) is 0 Å². The van der Waals surface area contributed by atoms with Gasteiger partial charge in [-0.3, -0.25) is 19.3 Å². The van der Waals surface area contributed by atoms with Crippen molar-refractivity contribution >= 4 is 46.7 Å². The van der Waals surface area contributed by atoms with Crippen molar-refractivity contribution in [3.63, 3.8) is 0 Å². The second kappa shape index (κ2) is 9.48. The van der Waals surface area contributed by atoms with Crippen LogP contribution in [0.15, 0.2) is 48.5 Å². The normalized spacial score (nSPS) is 12.5. The van der Waals surface area contributed by atoms with Gasteiger partial charge in [0.1, 0.15) is 6.54 Å². The van der Waals surface area contributed by atoms with Crippen molar-refractivity contribution in [2.45, 2.75) is 13.8 Å². The summed E-state index contributed by atoms with van der Waals surface area (Å²) in [5.41, 5.74) is 1.49. The molecule has 0 saturated carbocycles. The Labute approximate surface area is 184 Å². The molecular weight excluding hydrogens is 418 g/mol. The molecule has 0 saturated heterocycles. The molecule has 0 unspecified atom stereocenters. The number of amides is 3. The fourth-order valence-corrected chi connectivity index (χ4v) is 3.10. The molecule has 0 atom stereocenters. The second-order valence-electron chi connectivity index (χ2n) is 7.31. The molecule has 1 heterocycles. The second-order valence-corrected chi connectivity index (χ2v) is 7.72. The van der Waals surface area contributed by atoms with Crippen molar-refractivity contribution < 1.29 is 23.9 Å². The first kappa shape index (κ1) is 22.1. The molecule has 2 aromatic carbocycles. The highest BCUT2D eigenvalue weighted by atomic mass is 32.1. The van der Waals surface area contributed by atoms with Crippen LogP contribution >= 0.6 is 12.2 Å². The van der Waals surface area contributed by atoms with E-state index < -0.39 is 30.2 Å². The molecule has 2 aromatic rings. The zero-order valence-electron chi connectivity index (χ0n) is 17.0. The van der Waals surface area contributed by atoms with Gasteiger partial charge in [-0.1, -0.05) is 26.0 Å². The van der Waals surface area contributed by atoms with Crippen LogP contribution in [0.3, 0.4) is 0 Å². The van der Waals surface area contributed by atoms with E-state index >= 15 is 0 Å². The maximum absolute atomic E-state index is 12.3. The molecule has 160 valence electrons. The van der Waals surface area contributed by atoms with E-state index in [2.05, 4.69) is 10.6 Å². The molecule has 2 N–H and O–H groups in total. The summed E-state index contributed by atoms with van der Waals surface area (Å²) in [6.07, 6.45) is 0. The number of hydrogen-bond donors (Lipinski definition) is 2. The van der Waals surface area contributed by atoms with Crippen molar-refractivity contribution in [2.75, 3.05) is 18.5 Å². The Morgan fingerprint density at radius 3 is 2.13 bits per heavy atom. The fourth-order valence-electron chi connectivity index (χ4n) is 2.87. The summed E-state index contributed by atoms with van der Waals surface area (Å²) < 4.78 is 5.17. The number of nitrogens with zero attached hydrogens (tertiary/aromatic N) is 1. The molecule has 0 fully saturated rings. The number of benzene rings is 2. The third kappa shape index (κ3) is 5.32. The van der Waals surface area contributed by atoms with Crippen molar-refractivity contribution in [3.8, 4) is 0 Å². The number of esters is 1. The summed E-state index contributed by atoms with van der Waals surface area (Å²) in [4.78, 5) is 49.7. The average molecular weight is 439 g/mol. The lowest BCUT2D eigenvalue weighted by Crippen LogP contribution is -2.43. The maximum Gasteiger partial charge on any atom is 0.338 e. The Balaban J connectivity index is 1.52. The predicted octanol–water partition coefficient (Wildman–Crippen LogP) is 2.61. The van der Waals surface area contributed by atoms with Crippen molar-refractivity contribution in [3.05, 3.63) is 65.2 Å². The summed E-state index contributed by atoms with van der Waals surface area (Å²) in [6, 6.07) is 12.8. The van der Waals surface area contributed by atoms with E-state index in [1.807, 2.05) is 13.8 Å². The van der Waals surface area contributed by atoms with E-state index in [1.165, 1.54) is 0 Å². The quantitative estimate of drug-likeness (QED) is 0.405. The average Bonchev–Trinajstić information content (AvgIpc) is 2.97. The summed E-state index contributed by atoms with van der Waals surface area (Å²) in [5, 5.41) is 5.25. The highest BCUT2D eigenvalue weighted by Crippen LogP contribution is 2.21. The molecule has 0 aliphatic carbocycles. The SMILES string of the molecule is CC(C)COC(=O)c1ccc(NC(=S)NC(=O)CN2C(=O)c3ccccc3C2=O)cc1. The van der Waals surface area contributed by atoms with E-state index in [9.17, 15) is 19.2 Å². The van der Waals surface area contributed by atoms with E-state index in [1.54, 1.807) is 48.5 Å². The minimum Gasteiger partial charge on any atom is -0.462 e. The molecule has 0 spiro atoms. The van der Waals surface area contributed by atoms with Crippen LogP contribution < -0.4 is 10.6 Å². The molecule has 9 heteroatoms. The van der Waals surface area contributed by atoms with Gasteiger partial charge >= 0.3 is 5.97 Å². The molecule has 31 heavy (non-hydrogen) atoms. The Morgan fingerprint density at radius 2 is 1.58 bits per heavy atom. The monoisotopic (exact) mass is 439 g/mol. The number of thiocarbonyl (C=S) groups is 1. The fraction of sp³-hybridized carbons (Fsp3) is 0.227. The molecule has 0 bridgehead atoms. The lowest BCUT2D eigenvalue weighted by Gasteiger charge is -2.15. The predicted molar refractivity (Wildman–Crippen MR) is 118 cm³/mol. The molecule has 0 radical (unpaired) electrons. The van der Waals surface area contributed by atoms with Gasteiger partial charge in [-0.05, 0) is 54.5 Å². The molecule has 3 rings (SSSR count). The van der Waals surface area contributed by atoms with Crippen molar-refractivity contribution in [1.82, 2.24) is 10.2 Å². The topological polar surface area (TPSA) is 105 Å². The number of imide groups is 1. The minimum atomic E-state index is -0.610. The van der Waals surface area contributed by atoms with Crippen LogP contribution in [-0.4, -0.2) is 46.9 Å². The number of ether oxygens (including phenoxy) is 1. The Hall–Kier alpha value is -3.59. The summed E-state index contributed by atoms with van der Waals surface area (Å²) >= 11 is 5.11. The Morgan fingerprint density at radius 1 is 1.00 bits per heavy atom. The van der Waals surface area contributed by atoms with Gasteiger partial charge in [0.2, 0.25) is 5.91 Å². The number of anilines is 1. The number of nitrogens with one attached hydrogen (secondary N) is 2. The van der Waals surface area contributed by atoms with E-state index in [0.29, 0.717) is 17.9 Å². The van der Waals surface area contributed by atoms with E-state index in [0.717, 1.165) is 4.90 Å². The third-order valence-corrected chi connectivity index (χ3v) is 4.56. The van der Waals surface area contributed by atoms with Crippen LogP contribution in [-0.2, 0) is 9.53 Å². The highest BCUT2D eigenvalue weighted by molar-refractivity contribution is 7.80. The number of hydrogen-bond acceptors (Lipinski definition) is 6. The van der Waals surface area contributed by atoms with Gasteiger partial charge in [0.15, 0.2) is 5.11 Å². The van der Waals surface area contributed by atoms with Gasteiger partial charge < -0.3 is 15.4 Å². The summed E-state index contributed by atoms with van der Waals surface area (Å²) in [6.45, 7) is 3.78. The number of rotatable bonds is 6.